The molecule has 2 N–H and O–H groups in total. The van der Waals surface area contributed by atoms with Gasteiger partial charge < -0.3 is 25.0 Å². The first-order chi connectivity index (χ1) is 14.9. The van der Waals surface area contributed by atoms with Crippen molar-refractivity contribution in [1.29, 1.82) is 0 Å². The lowest BCUT2D eigenvalue weighted by Crippen LogP contribution is -2.27. The Morgan fingerprint density at radius 1 is 1.03 bits per heavy atom. The van der Waals surface area contributed by atoms with E-state index in [2.05, 4.69) is 10.6 Å². The Morgan fingerprint density at radius 2 is 1.74 bits per heavy atom. The van der Waals surface area contributed by atoms with E-state index in [-0.39, 0.29) is 30.2 Å². The van der Waals surface area contributed by atoms with Gasteiger partial charge in [0, 0.05) is 37.8 Å². The Balaban J connectivity index is 1.54. The molecule has 31 heavy (non-hydrogen) atoms. The van der Waals surface area contributed by atoms with Crippen LogP contribution in [0.15, 0.2) is 42.5 Å². The molecule has 8 heteroatoms. The smallest absolute Gasteiger partial charge is 0.259 e. The Hall–Kier alpha value is -3.55. The summed E-state index contributed by atoms with van der Waals surface area (Å²) in [6, 6.07) is 12.1. The predicted molar refractivity (Wildman–Crippen MR) is 116 cm³/mol. The second kappa shape index (κ2) is 9.97. The van der Waals surface area contributed by atoms with Gasteiger partial charge in [0.15, 0.2) is 18.1 Å². The topological polar surface area (TPSA) is 97.0 Å². The quantitative estimate of drug-likeness (QED) is 0.643. The van der Waals surface area contributed by atoms with E-state index >= 15 is 0 Å². The van der Waals surface area contributed by atoms with E-state index in [1.54, 1.807) is 56.6 Å². The van der Waals surface area contributed by atoms with Crippen LogP contribution in [-0.4, -0.2) is 50.4 Å². The average Bonchev–Trinajstić information content (AvgIpc) is 3.62. The Kier molecular flexibility index (Phi) is 7.12. The monoisotopic (exact) mass is 425 g/mol. The van der Waals surface area contributed by atoms with Crippen LogP contribution in [0.25, 0.3) is 0 Å². The molecule has 3 amide bonds. The van der Waals surface area contributed by atoms with Crippen molar-refractivity contribution >= 4 is 23.4 Å². The maximum atomic E-state index is 12.4. The standard InChI is InChI=1S/C23H27N3O5/c1-26(2)21(27)14-31-19-11-4-15(12-20(19)30-3)13-24-22(28)16-7-9-18(10-8-16)25-23(29)17-5-6-17/h4,7-12,17H,5-6,13-14H2,1-3H3,(H,24,28)(H,25,29). The van der Waals surface area contributed by atoms with E-state index in [4.69, 9.17) is 9.47 Å². The van der Waals surface area contributed by atoms with Crippen molar-refractivity contribution in [3.63, 3.8) is 0 Å². The fraction of sp³-hybridized carbons (Fsp3) is 0.348. The van der Waals surface area contributed by atoms with Crippen LogP contribution in [0.5, 0.6) is 11.5 Å². The van der Waals surface area contributed by atoms with Crippen molar-refractivity contribution in [2.45, 2.75) is 19.4 Å². The van der Waals surface area contributed by atoms with Crippen molar-refractivity contribution in [3.05, 3.63) is 53.6 Å². The van der Waals surface area contributed by atoms with E-state index in [0.29, 0.717) is 29.3 Å². The van der Waals surface area contributed by atoms with Crippen molar-refractivity contribution in [2.75, 3.05) is 33.1 Å². The Bertz CT molecular complexity index is 952. The van der Waals surface area contributed by atoms with Crippen LogP contribution in [0.3, 0.4) is 0 Å². The number of nitrogens with zero attached hydrogens (tertiary/aromatic N) is 1. The molecule has 1 aliphatic rings. The number of benzene rings is 2. The van der Waals surface area contributed by atoms with E-state index in [1.165, 1.54) is 12.0 Å². The van der Waals surface area contributed by atoms with Crippen molar-refractivity contribution in [3.8, 4) is 11.5 Å². The molecule has 8 nitrogen and oxygen atoms in total. The molecular formula is C23H27N3O5. The van der Waals surface area contributed by atoms with Gasteiger partial charge in [0.25, 0.3) is 11.8 Å². The van der Waals surface area contributed by atoms with Crippen LogP contribution in [-0.2, 0) is 16.1 Å². The summed E-state index contributed by atoms with van der Waals surface area (Å²) in [5.41, 5.74) is 2.00. The van der Waals surface area contributed by atoms with E-state index in [0.717, 1.165) is 18.4 Å². The van der Waals surface area contributed by atoms with Crippen molar-refractivity contribution in [1.82, 2.24) is 10.2 Å². The van der Waals surface area contributed by atoms with Gasteiger partial charge in [-0.05, 0) is 54.8 Å². The summed E-state index contributed by atoms with van der Waals surface area (Å²) >= 11 is 0. The maximum Gasteiger partial charge on any atom is 0.259 e. The van der Waals surface area contributed by atoms with E-state index in [9.17, 15) is 14.4 Å². The molecule has 1 fully saturated rings. The Labute approximate surface area is 181 Å². The lowest BCUT2D eigenvalue weighted by molar-refractivity contribution is -0.130. The van der Waals surface area contributed by atoms with Crippen LogP contribution in [0.4, 0.5) is 5.69 Å². The highest BCUT2D eigenvalue weighted by atomic mass is 16.5. The third-order valence-corrected chi connectivity index (χ3v) is 4.89. The highest BCUT2D eigenvalue weighted by Crippen LogP contribution is 2.30. The third kappa shape index (κ3) is 6.21. The number of likely N-dealkylation sites (N-methyl/N-ethyl adjacent to an activating group) is 1. The van der Waals surface area contributed by atoms with Crippen LogP contribution >= 0.6 is 0 Å². The summed E-state index contributed by atoms with van der Waals surface area (Å²) < 4.78 is 10.9. The highest BCUT2D eigenvalue weighted by Gasteiger charge is 2.29. The summed E-state index contributed by atoms with van der Waals surface area (Å²) in [4.78, 5) is 37.4. The zero-order chi connectivity index (χ0) is 22.4. The number of amides is 3. The SMILES string of the molecule is COc1cc(CNC(=O)c2ccc(NC(=O)C3CC3)cc2)ccc1OCC(=O)N(C)C. The first-order valence-electron chi connectivity index (χ1n) is 10.1. The van der Waals surface area contributed by atoms with Gasteiger partial charge in [0.2, 0.25) is 5.91 Å². The van der Waals surface area contributed by atoms with Gasteiger partial charge in [0.1, 0.15) is 0 Å². The molecular weight excluding hydrogens is 398 g/mol. The second-order valence-electron chi connectivity index (χ2n) is 7.59. The molecule has 0 unspecified atom stereocenters. The second-order valence-corrected chi connectivity index (χ2v) is 7.59. The molecule has 0 bridgehead atoms. The van der Waals surface area contributed by atoms with Gasteiger partial charge in [-0.1, -0.05) is 6.07 Å². The van der Waals surface area contributed by atoms with Gasteiger partial charge in [-0.2, -0.15) is 0 Å². The lowest BCUT2D eigenvalue weighted by atomic mass is 10.1. The molecule has 0 atom stereocenters. The molecule has 0 heterocycles. The lowest BCUT2D eigenvalue weighted by Gasteiger charge is -2.14. The molecule has 0 spiro atoms. The number of nitrogens with one attached hydrogen (secondary N) is 2. The number of carbonyl (C=O) groups is 3. The number of methoxy groups -OCH3 is 1. The van der Waals surface area contributed by atoms with Crippen LogP contribution in [0.1, 0.15) is 28.8 Å². The third-order valence-electron chi connectivity index (χ3n) is 4.89. The summed E-state index contributed by atoms with van der Waals surface area (Å²) in [5, 5.41) is 5.71. The molecule has 164 valence electrons. The van der Waals surface area contributed by atoms with Gasteiger partial charge in [-0.3, -0.25) is 14.4 Å². The fourth-order valence-electron chi connectivity index (χ4n) is 2.79. The molecule has 0 aliphatic heterocycles. The minimum atomic E-state index is -0.226. The van der Waals surface area contributed by atoms with Gasteiger partial charge >= 0.3 is 0 Å². The summed E-state index contributed by atoms with van der Waals surface area (Å²) in [7, 11) is 4.83. The van der Waals surface area contributed by atoms with Crippen molar-refractivity contribution < 1.29 is 23.9 Å². The maximum absolute atomic E-state index is 12.4. The summed E-state index contributed by atoms with van der Waals surface area (Å²) in [5.74, 6) is 0.716. The summed E-state index contributed by atoms with van der Waals surface area (Å²) in [6.45, 7) is 0.211. The van der Waals surface area contributed by atoms with Crippen LogP contribution < -0.4 is 20.1 Å². The van der Waals surface area contributed by atoms with E-state index < -0.39 is 0 Å². The molecule has 3 rings (SSSR count). The normalized spacial score (nSPS) is 12.6. The number of hydrogen-bond acceptors (Lipinski definition) is 5. The van der Waals surface area contributed by atoms with Gasteiger partial charge in [-0.15, -0.1) is 0 Å². The zero-order valence-electron chi connectivity index (χ0n) is 17.9. The minimum absolute atomic E-state index is 0.0321. The number of carbonyl (C=O) groups excluding carboxylic acids is 3. The average molecular weight is 425 g/mol. The van der Waals surface area contributed by atoms with Gasteiger partial charge in [0.05, 0.1) is 7.11 Å². The summed E-state index contributed by atoms with van der Waals surface area (Å²) in [6.07, 6.45) is 1.89. The number of hydrogen-bond donors (Lipinski definition) is 2. The number of ether oxygens (including phenoxy) is 2. The molecule has 1 saturated carbocycles. The fourth-order valence-corrected chi connectivity index (χ4v) is 2.79. The number of rotatable bonds is 9. The van der Waals surface area contributed by atoms with Crippen molar-refractivity contribution in [2.24, 2.45) is 5.92 Å². The molecule has 2 aromatic carbocycles. The van der Waals surface area contributed by atoms with Crippen LogP contribution in [0, 0.1) is 5.92 Å². The molecule has 0 radical (unpaired) electrons. The molecule has 2 aromatic rings. The Morgan fingerprint density at radius 3 is 2.35 bits per heavy atom. The first-order valence-corrected chi connectivity index (χ1v) is 10.1. The molecule has 0 saturated heterocycles. The zero-order valence-corrected chi connectivity index (χ0v) is 17.9. The van der Waals surface area contributed by atoms with E-state index in [1.807, 2.05) is 0 Å². The molecule has 0 aromatic heterocycles. The highest BCUT2D eigenvalue weighted by molar-refractivity contribution is 5.96. The molecule has 1 aliphatic carbocycles. The number of anilines is 1. The largest absolute Gasteiger partial charge is 0.493 e. The van der Waals surface area contributed by atoms with Gasteiger partial charge in [-0.25, -0.2) is 0 Å². The predicted octanol–water partition coefficient (Wildman–Crippen LogP) is 2.44. The first kappa shape index (κ1) is 22.1. The minimum Gasteiger partial charge on any atom is -0.493 e. The van der Waals surface area contributed by atoms with Crippen LogP contribution in [0.2, 0.25) is 0 Å².